The Balaban J connectivity index is 2.41. The van der Waals surface area contributed by atoms with Crippen molar-refractivity contribution in [2.45, 2.75) is 47.0 Å². The van der Waals surface area contributed by atoms with E-state index in [0.29, 0.717) is 25.4 Å². The van der Waals surface area contributed by atoms with Crippen LogP contribution in [0.2, 0.25) is 0 Å². The molecule has 2 saturated carbocycles. The van der Waals surface area contributed by atoms with Gasteiger partial charge in [-0.05, 0) is 38.0 Å². The summed E-state index contributed by atoms with van der Waals surface area (Å²) in [5, 5.41) is 0. The SMILES string of the molecule is CCN(CC)C(=O)C12CCC(CC1=O)C2(C)C. The minimum atomic E-state index is -0.705. The van der Waals surface area contributed by atoms with E-state index in [2.05, 4.69) is 13.8 Å². The number of fused-ring (bicyclic) bond motifs is 2. The maximum absolute atomic E-state index is 12.7. The average Bonchev–Trinajstić information content (AvgIpc) is 2.64. The van der Waals surface area contributed by atoms with Gasteiger partial charge in [-0.25, -0.2) is 0 Å². The number of amides is 1. The molecule has 0 heterocycles. The van der Waals surface area contributed by atoms with Crippen LogP contribution in [0.4, 0.5) is 0 Å². The molecule has 0 aliphatic heterocycles. The summed E-state index contributed by atoms with van der Waals surface area (Å²) in [6.45, 7) is 9.58. The molecule has 2 atom stereocenters. The Morgan fingerprint density at radius 1 is 1.35 bits per heavy atom. The molecular formula is C14H23NO2. The van der Waals surface area contributed by atoms with Gasteiger partial charge in [0, 0.05) is 19.5 Å². The van der Waals surface area contributed by atoms with Crippen LogP contribution in [0.5, 0.6) is 0 Å². The predicted molar refractivity (Wildman–Crippen MR) is 66.5 cm³/mol. The van der Waals surface area contributed by atoms with Crippen molar-refractivity contribution < 1.29 is 9.59 Å². The Morgan fingerprint density at radius 2 is 1.94 bits per heavy atom. The number of hydrogen-bond acceptors (Lipinski definition) is 2. The number of hydrogen-bond donors (Lipinski definition) is 0. The summed E-state index contributed by atoms with van der Waals surface area (Å²) in [4.78, 5) is 26.8. The Morgan fingerprint density at radius 3 is 2.29 bits per heavy atom. The number of carbonyl (C=O) groups excluding carboxylic acids is 2. The van der Waals surface area contributed by atoms with E-state index >= 15 is 0 Å². The fourth-order valence-corrected chi connectivity index (χ4v) is 3.96. The molecule has 2 aliphatic rings. The summed E-state index contributed by atoms with van der Waals surface area (Å²) in [7, 11) is 0. The van der Waals surface area contributed by atoms with E-state index in [-0.39, 0.29) is 17.1 Å². The van der Waals surface area contributed by atoms with Crippen molar-refractivity contribution in [1.82, 2.24) is 4.90 Å². The fraction of sp³-hybridized carbons (Fsp3) is 0.857. The highest BCUT2D eigenvalue weighted by Gasteiger charge is 2.68. The Bertz CT molecular complexity index is 357. The third-order valence-corrected chi connectivity index (χ3v) is 5.31. The van der Waals surface area contributed by atoms with Crippen LogP contribution in [0.25, 0.3) is 0 Å². The van der Waals surface area contributed by atoms with Gasteiger partial charge in [0.1, 0.15) is 11.2 Å². The Hall–Kier alpha value is -0.860. The quantitative estimate of drug-likeness (QED) is 0.706. The van der Waals surface area contributed by atoms with Gasteiger partial charge in [-0.2, -0.15) is 0 Å². The first-order chi connectivity index (χ1) is 7.91. The van der Waals surface area contributed by atoms with E-state index in [1.807, 2.05) is 18.7 Å². The lowest BCUT2D eigenvalue weighted by atomic mass is 9.68. The lowest BCUT2D eigenvalue weighted by molar-refractivity contribution is -0.152. The first-order valence-corrected chi connectivity index (χ1v) is 6.74. The Kier molecular flexibility index (Phi) is 2.83. The molecule has 1 amide bonds. The maximum atomic E-state index is 12.7. The topological polar surface area (TPSA) is 37.4 Å². The molecule has 2 rings (SSSR count). The summed E-state index contributed by atoms with van der Waals surface area (Å²) in [6, 6.07) is 0. The maximum Gasteiger partial charge on any atom is 0.236 e. The fourth-order valence-electron chi connectivity index (χ4n) is 3.96. The van der Waals surface area contributed by atoms with Crippen molar-refractivity contribution in [1.29, 1.82) is 0 Å². The predicted octanol–water partition coefficient (Wildman–Crippen LogP) is 2.25. The van der Waals surface area contributed by atoms with E-state index in [1.165, 1.54) is 0 Å². The molecule has 0 saturated heterocycles. The molecule has 2 fully saturated rings. The third kappa shape index (κ3) is 1.34. The molecule has 17 heavy (non-hydrogen) atoms. The van der Waals surface area contributed by atoms with Gasteiger partial charge >= 0.3 is 0 Å². The van der Waals surface area contributed by atoms with Crippen LogP contribution in [-0.4, -0.2) is 29.7 Å². The van der Waals surface area contributed by atoms with E-state index in [4.69, 9.17) is 0 Å². The normalized spacial score (nSPS) is 34.1. The molecule has 0 spiro atoms. The molecule has 96 valence electrons. The molecule has 2 aliphatic carbocycles. The lowest BCUT2D eigenvalue weighted by Gasteiger charge is -2.38. The molecule has 3 heteroatoms. The summed E-state index contributed by atoms with van der Waals surface area (Å²) < 4.78 is 0. The van der Waals surface area contributed by atoms with E-state index in [9.17, 15) is 9.59 Å². The van der Waals surface area contributed by atoms with Gasteiger partial charge < -0.3 is 4.90 Å². The van der Waals surface area contributed by atoms with E-state index in [1.54, 1.807) is 0 Å². The summed E-state index contributed by atoms with van der Waals surface area (Å²) in [6.07, 6.45) is 2.41. The monoisotopic (exact) mass is 237 g/mol. The van der Waals surface area contributed by atoms with E-state index < -0.39 is 5.41 Å². The molecule has 0 aromatic rings. The zero-order valence-electron chi connectivity index (χ0n) is 11.4. The second-order valence-electron chi connectivity index (χ2n) is 5.97. The molecule has 2 unspecified atom stereocenters. The second kappa shape index (κ2) is 3.82. The summed E-state index contributed by atoms with van der Waals surface area (Å²) >= 11 is 0. The molecule has 0 radical (unpaired) electrons. The highest BCUT2D eigenvalue weighted by Crippen LogP contribution is 2.64. The van der Waals surface area contributed by atoms with Crippen molar-refractivity contribution in [3.05, 3.63) is 0 Å². The number of ketones is 1. The van der Waals surface area contributed by atoms with Crippen LogP contribution in [0.3, 0.4) is 0 Å². The first-order valence-electron chi connectivity index (χ1n) is 6.74. The highest BCUT2D eigenvalue weighted by molar-refractivity contribution is 6.09. The third-order valence-electron chi connectivity index (χ3n) is 5.31. The summed E-state index contributed by atoms with van der Waals surface area (Å²) in [5.74, 6) is 0.683. The van der Waals surface area contributed by atoms with Gasteiger partial charge in [0.15, 0.2) is 0 Å². The first kappa shape index (κ1) is 12.6. The van der Waals surface area contributed by atoms with Gasteiger partial charge in [-0.1, -0.05) is 13.8 Å². The number of Topliss-reactive ketones (excluding diaryl/α,β-unsaturated/α-hetero) is 1. The number of rotatable bonds is 3. The zero-order valence-corrected chi connectivity index (χ0v) is 11.4. The van der Waals surface area contributed by atoms with Gasteiger partial charge in [0.25, 0.3) is 0 Å². The van der Waals surface area contributed by atoms with Gasteiger partial charge in [-0.3, -0.25) is 9.59 Å². The molecule has 3 nitrogen and oxygen atoms in total. The highest BCUT2D eigenvalue weighted by atomic mass is 16.2. The van der Waals surface area contributed by atoms with Crippen molar-refractivity contribution >= 4 is 11.7 Å². The molecular weight excluding hydrogens is 214 g/mol. The van der Waals surface area contributed by atoms with Crippen LogP contribution in [0.1, 0.15) is 47.0 Å². The molecule has 0 aromatic heterocycles. The summed E-state index contributed by atoms with van der Waals surface area (Å²) in [5.41, 5.74) is -0.854. The largest absolute Gasteiger partial charge is 0.342 e. The molecule has 0 N–H and O–H groups in total. The lowest BCUT2D eigenvalue weighted by Crippen LogP contribution is -2.51. The van der Waals surface area contributed by atoms with Crippen molar-refractivity contribution in [3.8, 4) is 0 Å². The average molecular weight is 237 g/mol. The van der Waals surface area contributed by atoms with Crippen molar-refractivity contribution in [2.75, 3.05) is 13.1 Å². The van der Waals surface area contributed by atoms with Crippen LogP contribution in [0, 0.1) is 16.7 Å². The van der Waals surface area contributed by atoms with Crippen molar-refractivity contribution in [3.63, 3.8) is 0 Å². The minimum absolute atomic E-state index is 0.0810. The van der Waals surface area contributed by atoms with Gasteiger partial charge in [0.2, 0.25) is 5.91 Å². The van der Waals surface area contributed by atoms with Crippen LogP contribution in [0.15, 0.2) is 0 Å². The van der Waals surface area contributed by atoms with Gasteiger partial charge in [0.05, 0.1) is 0 Å². The standard InChI is InChI=1S/C14H23NO2/c1-5-15(6-2)12(17)14-8-7-10(9-11(14)16)13(14,3)4/h10H,5-9H2,1-4H3. The molecule has 0 aromatic carbocycles. The van der Waals surface area contributed by atoms with Crippen LogP contribution < -0.4 is 0 Å². The minimum Gasteiger partial charge on any atom is -0.342 e. The smallest absolute Gasteiger partial charge is 0.236 e. The van der Waals surface area contributed by atoms with E-state index in [0.717, 1.165) is 12.8 Å². The van der Waals surface area contributed by atoms with Gasteiger partial charge in [-0.15, -0.1) is 0 Å². The Labute approximate surface area is 104 Å². The van der Waals surface area contributed by atoms with Crippen molar-refractivity contribution in [2.24, 2.45) is 16.7 Å². The molecule has 2 bridgehead atoms. The number of carbonyl (C=O) groups is 2. The zero-order chi connectivity index (χ0) is 12.8. The number of nitrogens with zero attached hydrogens (tertiary/aromatic N) is 1. The van der Waals surface area contributed by atoms with Crippen LogP contribution in [-0.2, 0) is 9.59 Å². The second-order valence-corrected chi connectivity index (χ2v) is 5.97. The van der Waals surface area contributed by atoms with Crippen LogP contribution >= 0.6 is 0 Å².